The quantitative estimate of drug-likeness (QED) is 0.519. The molecule has 1 atom stereocenters. The van der Waals surface area contributed by atoms with Gasteiger partial charge >= 0.3 is 0 Å². The summed E-state index contributed by atoms with van der Waals surface area (Å²) in [5.41, 5.74) is 12.3. The predicted molar refractivity (Wildman–Crippen MR) is 116 cm³/mol. The topological polar surface area (TPSA) is 72.0 Å². The Hall–Kier alpha value is -2.79. The van der Waals surface area contributed by atoms with Gasteiger partial charge in [-0.15, -0.1) is 12.4 Å². The van der Waals surface area contributed by atoms with Gasteiger partial charge in [-0.3, -0.25) is 4.98 Å². The van der Waals surface area contributed by atoms with Crippen LogP contribution in [-0.4, -0.2) is 15.1 Å². The first-order chi connectivity index (χ1) is 13.2. The monoisotopic (exact) mass is 391 g/mol. The smallest absolute Gasteiger partial charge is 0.0938 e. The molecule has 4 rings (SSSR count). The fraction of sp³-hybridized carbons (Fsp3) is 0.130. The Balaban J connectivity index is 0.00000225. The Labute approximate surface area is 170 Å². The largest absolute Gasteiger partial charge is 0.387 e. The molecular formula is C23H22ClN3O. The van der Waals surface area contributed by atoms with Crippen molar-refractivity contribution in [2.75, 3.05) is 0 Å². The van der Waals surface area contributed by atoms with E-state index >= 15 is 0 Å². The Morgan fingerprint density at radius 1 is 0.964 bits per heavy atom. The fourth-order valence-electron chi connectivity index (χ4n) is 3.31. The molecular weight excluding hydrogens is 370 g/mol. The van der Waals surface area contributed by atoms with Gasteiger partial charge in [0, 0.05) is 29.3 Å². The van der Waals surface area contributed by atoms with Crippen LogP contribution in [0.2, 0.25) is 0 Å². The van der Waals surface area contributed by atoms with Gasteiger partial charge in [0.15, 0.2) is 0 Å². The maximum atomic E-state index is 10.1. The van der Waals surface area contributed by atoms with E-state index in [-0.39, 0.29) is 12.4 Å². The number of fused-ring (bicyclic) bond motifs is 1. The van der Waals surface area contributed by atoms with Gasteiger partial charge in [0.1, 0.15) is 0 Å². The van der Waals surface area contributed by atoms with Gasteiger partial charge in [-0.05, 0) is 30.2 Å². The van der Waals surface area contributed by atoms with Gasteiger partial charge in [-0.2, -0.15) is 0 Å². The zero-order valence-electron chi connectivity index (χ0n) is 15.5. The van der Waals surface area contributed by atoms with E-state index in [1.54, 1.807) is 13.1 Å². The van der Waals surface area contributed by atoms with Crippen molar-refractivity contribution in [2.24, 2.45) is 5.73 Å². The third-order valence-corrected chi connectivity index (χ3v) is 4.72. The number of aromatic nitrogens is 2. The maximum Gasteiger partial charge on any atom is 0.0938 e. The third kappa shape index (κ3) is 3.76. The van der Waals surface area contributed by atoms with Gasteiger partial charge in [-0.1, -0.05) is 54.6 Å². The SMILES string of the molecule is CC(O)c1nccc2nc(-c3ccc(CN)cc3)c(-c3ccccc3)cc12.Cl. The fourth-order valence-corrected chi connectivity index (χ4v) is 3.31. The van der Waals surface area contributed by atoms with Crippen LogP contribution in [0.3, 0.4) is 0 Å². The normalized spacial score (nSPS) is 11.8. The highest BCUT2D eigenvalue weighted by molar-refractivity contribution is 5.92. The molecule has 2 aromatic carbocycles. The second-order valence-electron chi connectivity index (χ2n) is 6.59. The summed E-state index contributed by atoms with van der Waals surface area (Å²) in [6.07, 6.45) is 1.04. The zero-order chi connectivity index (χ0) is 18.8. The van der Waals surface area contributed by atoms with Crippen LogP contribution in [-0.2, 0) is 6.54 Å². The summed E-state index contributed by atoms with van der Waals surface area (Å²) in [5, 5.41) is 11.0. The molecule has 3 N–H and O–H groups in total. The predicted octanol–water partition coefficient (Wildman–Crippen LogP) is 4.90. The minimum atomic E-state index is -0.659. The molecule has 28 heavy (non-hydrogen) atoms. The first-order valence-corrected chi connectivity index (χ1v) is 9.00. The average Bonchev–Trinajstić information content (AvgIpc) is 2.73. The molecule has 0 radical (unpaired) electrons. The van der Waals surface area contributed by atoms with E-state index in [1.165, 1.54) is 0 Å². The molecule has 1 unspecified atom stereocenters. The number of aliphatic hydroxyl groups excluding tert-OH is 1. The summed E-state index contributed by atoms with van der Waals surface area (Å²) in [6, 6.07) is 22.3. The molecule has 0 fully saturated rings. The van der Waals surface area contributed by atoms with Crippen molar-refractivity contribution in [2.45, 2.75) is 19.6 Å². The van der Waals surface area contributed by atoms with Crippen LogP contribution in [0, 0.1) is 0 Å². The van der Waals surface area contributed by atoms with E-state index < -0.39 is 6.10 Å². The summed E-state index contributed by atoms with van der Waals surface area (Å²) in [5.74, 6) is 0. The van der Waals surface area contributed by atoms with Gasteiger partial charge in [0.25, 0.3) is 0 Å². The summed E-state index contributed by atoms with van der Waals surface area (Å²) >= 11 is 0. The number of hydrogen-bond donors (Lipinski definition) is 2. The van der Waals surface area contributed by atoms with Crippen molar-refractivity contribution in [3.05, 3.63) is 84.2 Å². The zero-order valence-corrected chi connectivity index (χ0v) is 16.4. The van der Waals surface area contributed by atoms with Gasteiger partial charge < -0.3 is 10.8 Å². The molecule has 142 valence electrons. The van der Waals surface area contributed by atoms with Crippen LogP contribution in [0.4, 0.5) is 0 Å². The Bertz CT molecular complexity index is 1080. The van der Waals surface area contributed by atoms with E-state index in [1.807, 2.05) is 36.4 Å². The number of nitrogens with zero attached hydrogens (tertiary/aromatic N) is 2. The van der Waals surface area contributed by atoms with Crippen molar-refractivity contribution in [1.82, 2.24) is 9.97 Å². The molecule has 4 nitrogen and oxygen atoms in total. The van der Waals surface area contributed by atoms with Crippen LogP contribution in [0.5, 0.6) is 0 Å². The summed E-state index contributed by atoms with van der Waals surface area (Å²) in [4.78, 5) is 9.30. The number of pyridine rings is 2. The van der Waals surface area contributed by atoms with E-state index in [0.717, 1.165) is 38.9 Å². The summed E-state index contributed by atoms with van der Waals surface area (Å²) in [7, 11) is 0. The highest BCUT2D eigenvalue weighted by Crippen LogP contribution is 2.35. The van der Waals surface area contributed by atoms with E-state index in [4.69, 9.17) is 10.7 Å². The molecule has 4 aromatic rings. The minimum absolute atomic E-state index is 0. The highest BCUT2D eigenvalue weighted by atomic mass is 35.5. The number of rotatable bonds is 4. The molecule has 0 aliphatic carbocycles. The molecule has 2 aromatic heterocycles. The van der Waals surface area contributed by atoms with Crippen LogP contribution < -0.4 is 5.73 Å². The lowest BCUT2D eigenvalue weighted by molar-refractivity contribution is 0.196. The molecule has 0 bridgehead atoms. The van der Waals surface area contributed by atoms with Crippen LogP contribution >= 0.6 is 12.4 Å². The van der Waals surface area contributed by atoms with Crippen molar-refractivity contribution in [1.29, 1.82) is 0 Å². The molecule has 0 saturated heterocycles. The summed E-state index contributed by atoms with van der Waals surface area (Å²) < 4.78 is 0. The van der Waals surface area contributed by atoms with Crippen LogP contribution in [0.15, 0.2) is 72.9 Å². The van der Waals surface area contributed by atoms with E-state index in [2.05, 4.69) is 35.3 Å². The molecule has 0 spiro atoms. The number of hydrogen-bond acceptors (Lipinski definition) is 4. The standard InChI is InChI=1S/C23H21N3O.ClH/c1-15(27)22-20-13-19(17-5-3-2-4-6-17)23(26-21(20)11-12-25-22)18-9-7-16(14-24)8-10-18;/h2-13,15,27H,14,24H2,1H3;1H. The van der Waals surface area contributed by atoms with E-state index in [9.17, 15) is 5.11 Å². The minimum Gasteiger partial charge on any atom is -0.387 e. The number of benzene rings is 2. The Morgan fingerprint density at radius 2 is 1.68 bits per heavy atom. The van der Waals surface area contributed by atoms with Crippen molar-refractivity contribution in [3.63, 3.8) is 0 Å². The molecule has 5 heteroatoms. The first-order valence-electron chi connectivity index (χ1n) is 9.00. The molecule has 0 aliphatic heterocycles. The second kappa shape index (κ2) is 8.48. The van der Waals surface area contributed by atoms with Crippen molar-refractivity contribution >= 4 is 23.3 Å². The molecule has 0 aliphatic rings. The lowest BCUT2D eigenvalue weighted by atomic mass is 9.96. The number of nitrogens with two attached hydrogens (primary N) is 1. The number of aliphatic hydroxyl groups is 1. The molecule has 0 saturated carbocycles. The van der Waals surface area contributed by atoms with Crippen molar-refractivity contribution in [3.8, 4) is 22.4 Å². The van der Waals surface area contributed by atoms with E-state index in [0.29, 0.717) is 12.2 Å². The maximum absolute atomic E-state index is 10.1. The lowest BCUT2D eigenvalue weighted by Crippen LogP contribution is -2.00. The molecule has 0 amide bonds. The third-order valence-electron chi connectivity index (χ3n) is 4.72. The summed E-state index contributed by atoms with van der Waals surface area (Å²) in [6.45, 7) is 2.24. The molecule has 2 heterocycles. The number of halogens is 1. The van der Waals surface area contributed by atoms with Gasteiger partial charge in [-0.25, -0.2) is 4.98 Å². The average molecular weight is 392 g/mol. The first kappa shape index (κ1) is 20.0. The van der Waals surface area contributed by atoms with Crippen LogP contribution in [0.1, 0.15) is 24.3 Å². The van der Waals surface area contributed by atoms with Gasteiger partial charge in [0.2, 0.25) is 0 Å². The Morgan fingerprint density at radius 3 is 2.32 bits per heavy atom. The van der Waals surface area contributed by atoms with Gasteiger partial charge in [0.05, 0.1) is 23.0 Å². The lowest BCUT2D eigenvalue weighted by Gasteiger charge is -2.14. The second-order valence-corrected chi connectivity index (χ2v) is 6.59. The Kier molecular flexibility index (Phi) is 6.05. The van der Waals surface area contributed by atoms with Crippen molar-refractivity contribution < 1.29 is 5.11 Å². The highest BCUT2D eigenvalue weighted by Gasteiger charge is 2.15. The van der Waals surface area contributed by atoms with Crippen LogP contribution in [0.25, 0.3) is 33.3 Å².